The van der Waals surface area contributed by atoms with Crippen LogP contribution in [0.5, 0.6) is 5.75 Å². The van der Waals surface area contributed by atoms with Crippen molar-refractivity contribution < 1.29 is 13.2 Å². The highest BCUT2D eigenvalue weighted by atomic mass is 32.2. The van der Waals surface area contributed by atoms with Crippen LogP contribution in [0.1, 0.15) is 0 Å². The van der Waals surface area contributed by atoms with Gasteiger partial charge in [-0.1, -0.05) is 18.2 Å². The summed E-state index contributed by atoms with van der Waals surface area (Å²) >= 11 is 0.947. The second-order valence-corrected chi connectivity index (χ2v) is 6.80. The van der Waals surface area contributed by atoms with Gasteiger partial charge in [0.15, 0.2) is 5.82 Å². The Morgan fingerprint density at radius 1 is 1.13 bits per heavy atom. The summed E-state index contributed by atoms with van der Waals surface area (Å²) in [6.07, 6.45) is 1.62. The Labute approximate surface area is 137 Å². The number of ether oxygens (including phenoxy) is 1. The van der Waals surface area contributed by atoms with Crippen molar-refractivity contribution in [3.8, 4) is 17.3 Å². The van der Waals surface area contributed by atoms with Gasteiger partial charge in [-0.05, 0) is 24.3 Å². The van der Waals surface area contributed by atoms with Crippen molar-refractivity contribution in [1.82, 2.24) is 14.3 Å². The van der Waals surface area contributed by atoms with Crippen LogP contribution in [0.25, 0.3) is 11.5 Å². The van der Waals surface area contributed by atoms with E-state index in [0.717, 1.165) is 11.5 Å². The lowest BCUT2D eigenvalue weighted by molar-refractivity contribution is 0.403. The van der Waals surface area contributed by atoms with Gasteiger partial charge in [0.05, 0.1) is 7.11 Å². The van der Waals surface area contributed by atoms with Gasteiger partial charge >= 0.3 is 0 Å². The van der Waals surface area contributed by atoms with Crippen molar-refractivity contribution in [3.05, 3.63) is 48.7 Å². The Kier molecular flexibility index (Phi) is 4.22. The van der Waals surface area contributed by atoms with Gasteiger partial charge in [-0.3, -0.25) is 9.71 Å². The predicted octanol–water partition coefficient (Wildman–Crippen LogP) is 2.41. The summed E-state index contributed by atoms with van der Waals surface area (Å²) in [6.45, 7) is 0. The molecule has 0 aliphatic rings. The Bertz CT molecular complexity index is 911. The molecule has 0 fully saturated rings. The summed E-state index contributed by atoms with van der Waals surface area (Å²) in [5.41, 5.74) is 0.575. The molecule has 9 heteroatoms. The fraction of sp³-hybridized carbons (Fsp3) is 0.0714. The van der Waals surface area contributed by atoms with Crippen LogP contribution < -0.4 is 9.46 Å². The normalized spacial score (nSPS) is 11.2. The maximum absolute atomic E-state index is 12.5. The monoisotopic (exact) mass is 348 g/mol. The maximum atomic E-state index is 12.5. The van der Waals surface area contributed by atoms with Crippen LogP contribution >= 0.6 is 11.5 Å². The molecule has 0 aliphatic heterocycles. The topological polar surface area (TPSA) is 94.1 Å². The fourth-order valence-electron chi connectivity index (χ4n) is 1.87. The SMILES string of the molecule is COc1ccccc1S(=O)(=O)Nc1nc(-c2ccccn2)ns1. The first kappa shape index (κ1) is 15.4. The van der Waals surface area contributed by atoms with Crippen molar-refractivity contribution in [1.29, 1.82) is 0 Å². The van der Waals surface area contributed by atoms with E-state index in [2.05, 4.69) is 19.1 Å². The zero-order valence-corrected chi connectivity index (χ0v) is 13.6. The molecule has 1 N–H and O–H groups in total. The number of aromatic nitrogens is 3. The first-order valence-electron chi connectivity index (χ1n) is 6.51. The highest BCUT2D eigenvalue weighted by Crippen LogP contribution is 2.26. The van der Waals surface area contributed by atoms with E-state index in [1.165, 1.54) is 13.2 Å². The van der Waals surface area contributed by atoms with Crippen LogP contribution in [0, 0.1) is 0 Å². The van der Waals surface area contributed by atoms with Crippen LogP contribution in [0.2, 0.25) is 0 Å². The molecular weight excluding hydrogens is 336 g/mol. The number of para-hydroxylation sites is 1. The maximum Gasteiger partial charge on any atom is 0.267 e. The molecule has 0 radical (unpaired) electrons. The molecule has 0 saturated heterocycles. The van der Waals surface area contributed by atoms with E-state index < -0.39 is 10.0 Å². The Morgan fingerprint density at radius 3 is 2.65 bits per heavy atom. The first-order valence-corrected chi connectivity index (χ1v) is 8.77. The number of methoxy groups -OCH3 is 1. The molecule has 2 aromatic heterocycles. The fourth-order valence-corrected chi connectivity index (χ4v) is 3.85. The zero-order valence-electron chi connectivity index (χ0n) is 12.0. The van der Waals surface area contributed by atoms with Gasteiger partial charge < -0.3 is 4.74 Å². The molecule has 2 heterocycles. The smallest absolute Gasteiger partial charge is 0.267 e. The molecule has 1 aromatic carbocycles. The summed E-state index contributed by atoms with van der Waals surface area (Å²) in [4.78, 5) is 8.33. The highest BCUT2D eigenvalue weighted by Gasteiger charge is 2.21. The summed E-state index contributed by atoms with van der Waals surface area (Å²) in [7, 11) is -2.40. The average molecular weight is 348 g/mol. The lowest BCUT2D eigenvalue weighted by atomic mass is 10.3. The minimum atomic E-state index is -3.81. The number of nitrogens with zero attached hydrogens (tertiary/aromatic N) is 3. The predicted molar refractivity (Wildman–Crippen MR) is 86.9 cm³/mol. The van der Waals surface area contributed by atoms with Gasteiger partial charge in [0, 0.05) is 17.7 Å². The van der Waals surface area contributed by atoms with E-state index >= 15 is 0 Å². The van der Waals surface area contributed by atoms with E-state index in [1.807, 2.05) is 6.07 Å². The number of nitrogens with one attached hydrogen (secondary N) is 1. The number of sulfonamides is 1. The van der Waals surface area contributed by atoms with Gasteiger partial charge in [-0.25, -0.2) is 8.42 Å². The molecule has 0 bridgehead atoms. The molecule has 23 heavy (non-hydrogen) atoms. The van der Waals surface area contributed by atoms with Crippen LogP contribution in [-0.2, 0) is 10.0 Å². The van der Waals surface area contributed by atoms with E-state index in [9.17, 15) is 8.42 Å². The minimum absolute atomic E-state index is 0.0390. The van der Waals surface area contributed by atoms with Gasteiger partial charge in [0.25, 0.3) is 10.0 Å². The first-order chi connectivity index (χ1) is 11.1. The quantitative estimate of drug-likeness (QED) is 0.761. The number of hydrogen-bond donors (Lipinski definition) is 1. The standard InChI is InChI=1S/C14H12N4O3S2/c1-21-11-7-2-3-8-12(11)23(19,20)18-14-16-13(17-22-14)10-6-4-5-9-15-10/h2-9H,1H3,(H,16,17,18). The molecule has 0 spiro atoms. The third-order valence-corrected chi connectivity index (χ3v) is 5.04. The molecule has 0 aliphatic carbocycles. The van der Waals surface area contributed by atoms with Crippen LogP contribution in [-0.4, -0.2) is 29.9 Å². The van der Waals surface area contributed by atoms with E-state index in [4.69, 9.17) is 4.74 Å². The Morgan fingerprint density at radius 2 is 1.91 bits per heavy atom. The van der Waals surface area contributed by atoms with Crippen LogP contribution in [0.3, 0.4) is 0 Å². The summed E-state index contributed by atoms with van der Waals surface area (Å²) < 4.78 is 36.5. The molecule has 0 unspecified atom stereocenters. The lowest BCUT2D eigenvalue weighted by Crippen LogP contribution is -2.13. The largest absolute Gasteiger partial charge is 0.495 e. The molecule has 0 saturated carbocycles. The molecule has 3 rings (SSSR count). The lowest BCUT2D eigenvalue weighted by Gasteiger charge is -2.08. The Hall–Kier alpha value is -2.52. The number of pyridine rings is 1. The highest BCUT2D eigenvalue weighted by molar-refractivity contribution is 7.93. The Balaban J connectivity index is 1.89. The van der Waals surface area contributed by atoms with Gasteiger partial charge in [-0.15, -0.1) is 0 Å². The van der Waals surface area contributed by atoms with Crippen molar-refractivity contribution in [3.63, 3.8) is 0 Å². The van der Waals surface area contributed by atoms with Crippen molar-refractivity contribution in [2.45, 2.75) is 4.90 Å². The van der Waals surface area contributed by atoms with Crippen molar-refractivity contribution in [2.75, 3.05) is 11.8 Å². The second-order valence-electron chi connectivity index (χ2n) is 4.39. The zero-order chi connectivity index (χ0) is 16.3. The molecule has 0 atom stereocenters. The molecular formula is C14H12N4O3S2. The minimum Gasteiger partial charge on any atom is -0.495 e. The molecule has 0 amide bonds. The summed E-state index contributed by atoms with van der Waals surface area (Å²) in [5, 5.41) is 0.163. The van der Waals surface area contributed by atoms with Crippen molar-refractivity contribution in [2.24, 2.45) is 0 Å². The van der Waals surface area contributed by atoms with E-state index in [-0.39, 0.29) is 15.8 Å². The number of hydrogen-bond acceptors (Lipinski definition) is 7. The average Bonchev–Trinajstić information content (AvgIpc) is 3.03. The molecule has 3 aromatic rings. The molecule has 7 nitrogen and oxygen atoms in total. The summed E-state index contributed by atoms with van der Waals surface area (Å²) in [5.74, 6) is 0.628. The van der Waals surface area contributed by atoms with Gasteiger partial charge in [0.1, 0.15) is 16.3 Å². The second kappa shape index (κ2) is 6.31. The van der Waals surface area contributed by atoms with Crippen molar-refractivity contribution >= 4 is 26.7 Å². The van der Waals surface area contributed by atoms with E-state index in [1.54, 1.807) is 36.5 Å². The van der Waals surface area contributed by atoms with Crippen LogP contribution in [0.4, 0.5) is 5.13 Å². The third kappa shape index (κ3) is 3.30. The number of benzene rings is 1. The summed E-state index contributed by atoms with van der Waals surface area (Å²) in [6, 6.07) is 11.7. The third-order valence-electron chi connectivity index (χ3n) is 2.90. The van der Waals surface area contributed by atoms with E-state index in [0.29, 0.717) is 11.5 Å². The molecule has 118 valence electrons. The number of rotatable bonds is 5. The number of anilines is 1. The van der Waals surface area contributed by atoms with Gasteiger partial charge in [-0.2, -0.15) is 9.36 Å². The van der Waals surface area contributed by atoms with Gasteiger partial charge in [0.2, 0.25) is 5.13 Å². The van der Waals surface area contributed by atoms with Crippen LogP contribution in [0.15, 0.2) is 53.6 Å².